The van der Waals surface area contributed by atoms with Gasteiger partial charge in [-0.2, -0.15) is 4.57 Å². The Hall–Kier alpha value is -3.00. The molecule has 2 heterocycles. The van der Waals surface area contributed by atoms with Gasteiger partial charge < -0.3 is 0 Å². The number of hydrogen-bond acceptors (Lipinski definition) is 1. The van der Waals surface area contributed by atoms with E-state index >= 15 is 0 Å². The molecule has 2 nitrogen and oxygen atoms in total. The highest BCUT2D eigenvalue weighted by molar-refractivity contribution is 5.87. The van der Waals surface area contributed by atoms with Crippen LogP contribution in [0.4, 0.5) is 0 Å². The third kappa shape index (κ3) is 2.19. The number of pyridine rings is 2. The molecule has 0 bridgehead atoms. The zero-order valence-electron chi connectivity index (χ0n) is 17.9. The van der Waals surface area contributed by atoms with Gasteiger partial charge >= 0.3 is 0 Å². The van der Waals surface area contributed by atoms with E-state index in [1.54, 1.807) is 12.1 Å². The quantitative estimate of drug-likeness (QED) is 0.396. The number of aromatic nitrogens is 2. The molecule has 5 rings (SSSR count). The van der Waals surface area contributed by atoms with Gasteiger partial charge in [-0.15, -0.1) is 0 Å². The number of aryl methyl sites for hydroxylation is 2. The first-order valence-electron chi connectivity index (χ1n) is 10.4. The lowest BCUT2D eigenvalue weighted by atomic mass is 10.0. The Balaban J connectivity index is 1.63. The molecule has 126 valence electrons. The molecule has 2 aromatic heterocycles. The van der Waals surface area contributed by atoms with Crippen LogP contribution in [-0.4, -0.2) is 4.98 Å². The molecule has 0 aliphatic heterocycles. The summed E-state index contributed by atoms with van der Waals surface area (Å²) in [5, 5.41) is 1.15. The molecule has 0 N–H and O–H groups in total. The second-order valence-electron chi connectivity index (χ2n) is 7.02. The summed E-state index contributed by atoms with van der Waals surface area (Å²) >= 11 is 0. The Labute approximate surface area is 158 Å². The molecule has 0 atom stereocenters. The van der Waals surface area contributed by atoms with Crippen molar-refractivity contribution >= 4 is 10.9 Å². The van der Waals surface area contributed by atoms with Crippen LogP contribution in [0.5, 0.6) is 0 Å². The zero-order valence-corrected chi connectivity index (χ0v) is 14.9. The molecule has 0 saturated heterocycles. The Morgan fingerprint density at radius 1 is 0.962 bits per heavy atom. The van der Waals surface area contributed by atoms with E-state index in [0.717, 1.165) is 39.8 Å². The summed E-state index contributed by atoms with van der Waals surface area (Å²) in [4.78, 5) is 4.89. The van der Waals surface area contributed by atoms with E-state index in [4.69, 9.17) is 9.10 Å². The molecule has 0 radical (unpaired) electrons. The van der Waals surface area contributed by atoms with Crippen molar-refractivity contribution < 1.29 is 8.68 Å². The summed E-state index contributed by atoms with van der Waals surface area (Å²) in [6.45, 7) is -0.112. The number of hydrogen-bond donors (Lipinski definition) is 0. The predicted molar refractivity (Wildman–Crippen MR) is 106 cm³/mol. The normalized spacial score (nSPS) is 14.5. The highest BCUT2D eigenvalue weighted by Gasteiger charge is 2.29. The number of nitrogens with zero attached hydrogens (tertiary/aromatic N) is 2. The second-order valence-corrected chi connectivity index (χ2v) is 7.02. The van der Waals surface area contributed by atoms with Crippen LogP contribution in [0.2, 0.25) is 0 Å². The second kappa shape index (κ2) is 5.50. The van der Waals surface area contributed by atoms with E-state index in [2.05, 4.69) is 41.9 Å². The Morgan fingerprint density at radius 3 is 2.65 bits per heavy atom. The smallest absolute Gasteiger partial charge is 0.212 e. The molecule has 0 unspecified atom stereocenters. The van der Waals surface area contributed by atoms with Crippen molar-refractivity contribution in [2.75, 3.05) is 0 Å². The fourth-order valence-electron chi connectivity index (χ4n) is 4.06. The van der Waals surface area contributed by atoms with Crippen molar-refractivity contribution in [3.8, 4) is 22.4 Å². The number of rotatable bonds is 1. The maximum absolute atomic E-state index is 7.64. The van der Waals surface area contributed by atoms with Crippen LogP contribution in [0.3, 0.4) is 0 Å². The van der Waals surface area contributed by atoms with Gasteiger partial charge in [-0.3, -0.25) is 4.98 Å². The maximum Gasteiger partial charge on any atom is 0.212 e. The minimum atomic E-state index is -2.08. The average Bonchev–Trinajstić information content (AvgIpc) is 3.04. The van der Waals surface area contributed by atoms with Gasteiger partial charge in [-0.25, -0.2) is 0 Å². The van der Waals surface area contributed by atoms with Gasteiger partial charge in [0.05, 0.1) is 23.2 Å². The molecule has 0 spiro atoms. The summed E-state index contributed by atoms with van der Waals surface area (Å²) < 4.78 is 25.2. The predicted octanol–water partition coefficient (Wildman–Crippen LogP) is 4.91. The SMILES string of the molecule is [2H]C([2H])([2H])c1ccc(-c2ccc3c([n+]2C)Cc2nc4ccccc4cc2-3)c(C)c1. The summed E-state index contributed by atoms with van der Waals surface area (Å²) in [5.74, 6) is 0. The van der Waals surface area contributed by atoms with E-state index in [0.29, 0.717) is 5.56 Å². The minimum Gasteiger partial charge on any atom is -0.252 e. The van der Waals surface area contributed by atoms with Gasteiger partial charge in [0.1, 0.15) is 7.05 Å². The highest BCUT2D eigenvalue weighted by atomic mass is 15.0. The molecular weight excluding hydrogens is 316 g/mol. The molecule has 0 fully saturated rings. The van der Waals surface area contributed by atoms with Crippen molar-refractivity contribution in [1.82, 2.24) is 4.98 Å². The number of para-hydroxylation sites is 1. The van der Waals surface area contributed by atoms with Crippen LogP contribution < -0.4 is 4.57 Å². The number of benzene rings is 2. The fraction of sp³-hybridized carbons (Fsp3) is 0.167. The lowest BCUT2D eigenvalue weighted by molar-refractivity contribution is -0.667. The lowest BCUT2D eigenvalue weighted by Gasteiger charge is -2.08. The maximum atomic E-state index is 7.64. The molecular formula is C24H21N2+. The van der Waals surface area contributed by atoms with E-state index in [1.165, 1.54) is 16.8 Å². The van der Waals surface area contributed by atoms with Gasteiger partial charge in [-0.05, 0) is 43.6 Å². The van der Waals surface area contributed by atoms with E-state index in [1.807, 2.05) is 25.1 Å². The van der Waals surface area contributed by atoms with Crippen LogP contribution >= 0.6 is 0 Å². The summed E-state index contributed by atoms with van der Waals surface area (Å²) in [7, 11) is 2.08. The first kappa shape index (κ1) is 12.4. The Bertz CT molecular complexity index is 1290. The molecule has 4 aromatic rings. The molecule has 2 aromatic carbocycles. The van der Waals surface area contributed by atoms with Crippen molar-refractivity contribution in [3.05, 3.63) is 83.2 Å². The van der Waals surface area contributed by atoms with Gasteiger partial charge in [-0.1, -0.05) is 35.9 Å². The topological polar surface area (TPSA) is 16.8 Å². The van der Waals surface area contributed by atoms with Gasteiger partial charge in [0.2, 0.25) is 5.69 Å². The van der Waals surface area contributed by atoms with Crippen molar-refractivity contribution in [2.45, 2.75) is 20.2 Å². The van der Waals surface area contributed by atoms with E-state index in [9.17, 15) is 0 Å². The van der Waals surface area contributed by atoms with E-state index < -0.39 is 6.85 Å². The van der Waals surface area contributed by atoms with Crippen LogP contribution in [0.25, 0.3) is 33.3 Å². The van der Waals surface area contributed by atoms with Crippen molar-refractivity contribution in [1.29, 1.82) is 0 Å². The van der Waals surface area contributed by atoms with Gasteiger partial charge in [0.25, 0.3) is 0 Å². The molecule has 0 saturated carbocycles. The van der Waals surface area contributed by atoms with E-state index in [-0.39, 0.29) is 0 Å². The first-order valence-corrected chi connectivity index (χ1v) is 8.85. The van der Waals surface area contributed by atoms with Crippen molar-refractivity contribution in [3.63, 3.8) is 0 Å². The standard InChI is InChI=1S/C24H21N2/c1-15-8-9-18(16(2)12-15)23-11-10-19-20-13-17-6-4-5-7-21(17)25-22(20)14-24(19)26(23)3/h4-13H,14H2,1-3H3/q+1/i1D3. The third-order valence-corrected chi connectivity index (χ3v) is 5.42. The summed E-state index contributed by atoms with van der Waals surface area (Å²) in [5.41, 5.74) is 9.28. The van der Waals surface area contributed by atoms with Gasteiger partial charge in [0.15, 0.2) is 5.69 Å². The largest absolute Gasteiger partial charge is 0.252 e. The average molecular weight is 340 g/mol. The lowest BCUT2D eigenvalue weighted by Crippen LogP contribution is -2.36. The molecule has 26 heavy (non-hydrogen) atoms. The van der Waals surface area contributed by atoms with Crippen LogP contribution in [0.15, 0.2) is 60.7 Å². The highest BCUT2D eigenvalue weighted by Crippen LogP contribution is 2.37. The monoisotopic (exact) mass is 340 g/mol. The first-order chi connectivity index (χ1) is 13.8. The fourth-order valence-corrected chi connectivity index (χ4v) is 4.06. The van der Waals surface area contributed by atoms with Crippen LogP contribution in [0.1, 0.15) is 26.6 Å². The molecule has 1 aliphatic rings. The Kier molecular flexibility index (Phi) is 2.62. The molecule has 1 aliphatic carbocycles. The van der Waals surface area contributed by atoms with Gasteiger partial charge in [0, 0.05) is 26.7 Å². The number of fused-ring (bicyclic) bond motifs is 4. The Morgan fingerprint density at radius 2 is 1.81 bits per heavy atom. The van der Waals surface area contributed by atoms with Crippen LogP contribution in [-0.2, 0) is 13.5 Å². The molecule has 2 heteroatoms. The third-order valence-electron chi connectivity index (χ3n) is 5.42. The zero-order chi connectivity index (χ0) is 20.3. The minimum absolute atomic E-state index is 0.380. The molecule has 0 amide bonds. The summed E-state index contributed by atoms with van der Waals surface area (Å²) in [6, 6.07) is 20.2. The van der Waals surface area contributed by atoms with Crippen molar-refractivity contribution in [2.24, 2.45) is 7.05 Å². The summed E-state index contributed by atoms with van der Waals surface area (Å²) in [6.07, 6.45) is 0.798. The van der Waals surface area contributed by atoms with Crippen LogP contribution in [0, 0.1) is 13.8 Å².